The molecule has 0 spiro atoms. The molecule has 1 aromatic heterocycles. The molecule has 1 fully saturated rings. The fourth-order valence-electron chi connectivity index (χ4n) is 6.03. The van der Waals surface area contributed by atoms with E-state index < -0.39 is 5.97 Å². The highest BCUT2D eigenvalue weighted by molar-refractivity contribution is 5.95. The number of fused-ring (bicyclic) bond motifs is 1. The first-order valence-corrected chi connectivity index (χ1v) is 14.4. The van der Waals surface area contributed by atoms with Gasteiger partial charge in [0, 0.05) is 31.5 Å². The molecular weight excluding hydrogens is 530 g/mol. The van der Waals surface area contributed by atoms with E-state index in [1.807, 2.05) is 50.2 Å². The van der Waals surface area contributed by atoms with Crippen LogP contribution in [-0.2, 0) is 24.3 Å². The first kappa shape index (κ1) is 27.4. The summed E-state index contributed by atoms with van der Waals surface area (Å²) in [5.41, 5.74) is 6.61. The van der Waals surface area contributed by atoms with Gasteiger partial charge in [0.15, 0.2) is 5.76 Å². The van der Waals surface area contributed by atoms with E-state index in [1.54, 1.807) is 23.1 Å². The molecule has 1 aliphatic carbocycles. The second kappa shape index (κ2) is 11.3. The Morgan fingerprint density at radius 3 is 2.62 bits per heavy atom. The molecule has 0 radical (unpaired) electrons. The smallest absolute Gasteiger partial charge is 0.335 e. The molecule has 0 saturated heterocycles. The highest BCUT2D eigenvalue weighted by Gasteiger charge is 2.43. The van der Waals surface area contributed by atoms with Crippen molar-refractivity contribution in [3.8, 4) is 11.1 Å². The number of nitrogens with zero attached hydrogens (tertiary/aromatic N) is 2. The summed E-state index contributed by atoms with van der Waals surface area (Å²) in [6.45, 7) is 5.13. The summed E-state index contributed by atoms with van der Waals surface area (Å²) in [4.78, 5) is 40.2. The molecule has 42 heavy (non-hydrogen) atoms. The van der Waals surface area contributed by atoms with Crippen molar-refractivity contribution in [1.29, 1.82) is 0 Å². The summed E-state index contributed by atoms with van der Waals surface area (Å²) in [6.07, 6.45) is 2.92. The minimum atomic E-state index is -0.981. The lowest BCUT2D eigenvalue weighted by molar-refractivity contribution is -0.122. The van der Waals surface area contributed by atoms with Crippen molar-refractivity contribution in [2.45, 2.75) is 51.6 Å². The van der Waals surface area contributed by atoms with E-state index in [0.29, 0.717) is 37.4 Å². The summed E-state index contributed by atoms with van der Waals surface area (Å²) in [6, 6.07) is 21.0. The zero-order valence-corrected chi connectivity index (χ0v) is 23.7. The maximum absolute atomic E-state index is 13.6. The normalized spacial score (nSPS) is 17.5. The largest absolute Gasteiger partial charge is 0.478 e. The van der Waals surface area contributed by atoms with Crippen LogP contribution in [-0.4, -0.2) is 39.5 Å². The fraction of sp³-hybridized carbons (Fsp3) is 0.294. The Balaban J connectivity index is 1.29. The third-order valence-corrected chi connectivity index (χ3v) is 8.38. The second-order valence-corrected chi connectivity index (χ2v) is 11.4. The number of amides is 2. The van der Waals surface area contributed by atoms with Gasteiger partial charge in [-0.3, -0.25) is 9.59 Å². The average molecular weight is 564 g/mol. The predicted octanol–water partition coefficient (Wildman–Crippen LogP) is 5.78. The number of nitrogens with one attached hydrogen (secondary N) is 1. The third-order valence-electron chi connectivity index (χ3n) is 8.38. The first-order chi connectivity index (χ1) is 20.3. The van der Waals surface area contributed by atoms with E-state index in [4.69, 9.17) is 4.52 Å². The van der Waals surface area contributed by atoms with Crippen molar-refractivity contribution in [3.63, 3.8) is 0 Å². The predicted molar refractivity (Wildman–Crippen MR) is 157 cm³/mol. The standard InChI is InChI=1S/C34H33N3O5/c1-20(2)31-29(18-36-42-31)33(39)37-14-13-26-25(22-9-6-10-23(15-22)34(40)41)12-11-24(30(26)19-37)17-35-32(38)28-16-27(28)21-7-4-3-5-8-21/h3-12,15,18,20,27-28H,13-14,16-17,19H2,1-2H3,(H,35,38)(H,40,41). The summed E-state index contributed by atoms with van der Waals surface area (Å²) in [5, 5.41) is 16.6. The van der Waals surface area contributed by atoms with Crippen LogP contribution in [0.25, 0.3) is 11.1 Å². The van der Waals surface area contributed by atoms with Gasteiger partial charge in [-0.05, 0) is 64.3 Å². The number of hydrogen-bond acceptors (Lipinski definition) is 5. The molecule has 2 N–H and O–H groups in total. The molecule has 6 rings (SSSR count). The number of aromatic carboxylic acids is 1. The highest BCUT2D eigenvalue weighted by atomic mass is 16.5. The molecule has 2 unspecified atom stereocenters. The molecule has 214 valence electrons. The number of rotatable bonds is 8. The lowest BCUT2D eigenvalue weighted by Gasteiger charge is -2.32. The van der Waals surface area contributed by atoms with E-state index in [-0.39, 0.29) is 35.1 Å². The molecule has 2 aliphatic rings. The molecule has 2 heterocycles. The van der Waals surface area contributed by atoms with E-state index in [0.717, 1.165) is 34.2 Å². The fourth-order valence-corrected chi connectivity index (χ4v) is 6.03. The van der Waals surface area contributed by atoms with Crippen LogP contribution in [0.15, 0.2) is 77.4 Å². The van der Waals surface area contributed by atoms with Crippen LogP contribution in [0.3, 0.4) is 0 Å². The van der Waals surface area contributed by atoms with E-state index in [2.05, 4.69) is 22.6 Å². The van der Waals surface area contributed by atoms with Crippen molar-refractivity contribution in [2.24, 2.45) is 5.92 Å². The van der Waals surface area contributed by atoms with Gasteiger partial charge in [0.2, 0.25) is 5.91 Å². The van der Waals surface area contributed by atoms with Gasteiger partial charge in [-0.1, -0.05) is 73.6 Å². The number of carbonyl (C=O) groups excluding carboxylic acids is 2. The van der Waals surface area contributed by atoms with Crippen LogP contribution in [0.1, 0.15) is 80.8 Å². The number of benzene rings is 3. The van der Waals surface area contributed by atoms with Gasteiger partial charge in [-0.15, -0.1) is 0 Å². The lowest BCUT2D eigenvalue weighted by Crippen LogP contribution is -2.37. The van der Waals surface area contributed by atoms with Crippen molar-refractivity contribution in [2.75, 3.05) is 6.54 Å². The molecule has 1 saturated carbocycles. The molecule has 4 aromatic rings. The van der Waals surface area contributed by atoms with Crippen LogP contribution >= 0.6 is 0 Å². The van der Waals surface area contributed by atoms with Gasteiger partial charge in [0.1, 0.15) is 5.56 Å². The maximum Gasteiger partial charge on any atom is 0.335 e. The monoisotopic (exact) mass is 563 g/mol. The molecule has 3 aromatic carbocycles. The van der Waals surface area contributed by atoms with Crippen molar-refractivity contribution in [3.05, 3.63) is 112 Å². The summed E-state index contributed by atoms with van der Waals surface area (Å²) in [7, 11) is 0. The lowest BCUT2D eigenvalue weighted by atomic mass is 9.87. The van der Waals surface area contributed by atoms with E-state index in [1.165, 1.54) is 11.8 Å². The van der Waals surface area contributed by atoms with Crippen LogP contribution < -0.4 is 5.32 Å². The van der Waals surface area contributed by atoms with E-state index in [9.17, 15) is 19.5 Å². The average Bonchev–Trinajstić information content (AvgIpc) is 3.66. The number of carbonyl (C=O) groups is 3. The van der Waals surface area contributed by atoms with E-state index >= 15 is 0 Å². The highest BCUT2D eigenvalue weighted by Crippen LogP contribution is 2.47. The second-order valence-electron chi connectivity index (χ2n) is 11.4. The van der Waals surface area contributed by atoms with Crippen LogP contribution in [0, 0.1) is 5.92 Å². The van der Waals surface area contributed by atoms with Gasteiger partial charge in [-0.25, -0.2) is 4.79 Å². The van der Waals surface area contributed by atoms with Gasteiger partial charge in [-0.2, -0.15) is 0 Å². The molecule has 0 bridgehead atoms. The number of carboxylic acids is 1. The topological polar surface area (TPSA) is 113 Å². The molecule has 2 amide bonds. The van der Waals surface area contributed by atoms with Crippen LogP contribution in [0.4, 0.5) is 0 Å². The van der Waals surface area contributed by atoms with Crippen molar-refractivity contribution in [1.82, 2.24) is 15.4 Å². The first-order valence-electron chi connectivity index (χ1n) is 14.4. The van der Waals surface area contributed by atoms with Gasteiger partial charge >= 0.3 is 5.97 Å². The summed E-state index contributed by atoms with van der Waals surface area (Å²) < 4.78 is 5.38. The summed E-state index contributed by atoms with van der Waals surface area (Å²) in [5.74, 6) is -0.295. The summed E-state index contributed by atoms with van der Waals surface area (Å²) >= 11 is 0. The Morgan fingerprint density at radius 1 is 1.05 bits per heavy atom. The van der Waals surface area contributed by atoms with Crippen molar-refractivity contribution >= 4 is 17.8 Å². The molecule has 1 aliphatic heterocycles. The van der Waals surface area contributed by atoms with Gasteiger partial charge in [0.05, 0.1) is 11.8 Å². The van der Waals surface area contributed by atoms with Crippen molar-refractivity contribution < 1.29 is 24.0 Å². The number of aromatic nitrogens is 1. The minimum Gasteiger partial charge on any atom is -0.478 e. The molecular formula is C34H33N3O5. The zero-order valence-electron chi connectivity index (χ0n) is 23.7. The number of carboxylic acid groups (broad SMARTS) is 1. The molecule has 8 nitrogen and oxygen atoms in total. The Kier molecular flexibility index (Phi) is 7.37. The van der Waals surface area contributed by atoms with Gasteiger partial charge < -0.3 is 19.8 Å². The Hall–Kier alpha value is -4.72. The van der Waals surface area contributed by atoms with Crippen LogP contribution in [0.5, 0.6) is 0 Å². The molecule has 8 heteroatoms. The Morgan fingerprint density at radius 2 is 1.86 bits per heavy atom. The Bertz CT molecular complexity index is 1660. The maximum atomic E-state index is 13.6. The quantitative estimate of drug-likeness (QED) is 0.281. The SMILES string of the molecule is CC(C)c1oncc1C(=O)N1CCc2c(-c3cccc(C(=O)O)c3)ccc(CNC(=O)C3CC3c3ccccc3)c2C1. The number of hydrogen-bond donors (Lipinski definition) is 2. The van der Waals surface area contributed by atoms with Crippen LogP contribution in [0.2, 0.25) is 0 Å². The Labute approximate surface area is 244 Å². The minimum absolute atomic E-state index is 0.0181. The third kappa shape index (κ3) is 5.32. The molecule has 2 atom stereocenters. The van der Waals surface area contributed by atoms with Gasteiger partial charge in [0.25, 0.3) is 5.91 Å². The zero-order chi connectivity index (χ0) is 29.4.